The van der Waals surface area contributed by atoms with Gasteiger partial charge in [-0.15, -0.1) is 0 Å². The summed E-state index contributed by atoms with van der Waals surface area (Å²) < 4.78 is 17.6. The van der Waals surface area contributed by atoms with Crippen LogP contribution in [-0.4, -0.2) is 13.0 Å². The van der Waals surface area contributed by atoms with Gasteiger partial charge in [0.15, 0.2) is 0 Å². The van der Waals surface area contributed by atoms with Crippen LogP contribution in [0.5, 0.6) is 5.75 Å². The Morgan fingerprint density at radius 1 is 1.04 bits per heavy atom. The molecule has 1 aliphatic carbocycles. The highest BCUT2D eigenvalue weighted by Crippen LogP contribution is 2.26. The maximum Gasteiger partial charge on any atom is 0.224 e. The Morgan fingerprint density at radius 2 is 1.68 bits per heavy atom. The van der Waals surface area contributed by atoms with Gasteiger partial charge in [-0.05, 0) is 55.2 Å². The number of hydrogen-bond donors (Lipinski definition) is 1. The molecule has 2 aromatic carbocycles. The fourth-order valence-electron chi connectivity index (χ4n) is 2.96. The SMILES string of the molecule is COc1ccccc1.O=C(CC1CCCCC1)Nc1ccc(F)cc1. The summed E-state index contributed by atoms with van der Waals surface area (Å²) in [6.45, 7) is 0. The molecule has 3 nitrogen and oxygen atoms in total. The zero-order valence-corrected chi connectivity index (χ0v) is 14.7. The first-order chi connectivity index (χ1) is 12.2. The summed E-state index contributed by atoms with van der Waals surface area (Å²) in [5.74, 6) is 1.20. The van der Waals surface area contributed by atoms with E-state index >= 15 is 0 Å². The van der Waals surface area contributed by atoms with Crippen molar-refractivity contribution < 1.29 is 13.9 Å². The number of benzene rings is 2. The summed E-state index contributed by atoms with van der Waals surface area (Å²) in [6, 6.07) is 15.6. The van der Waals surface area contributed by atoms with Gasteiger partial charge in [-0.2, -0.15) is 0 Å². The van der Waals surface area contributed by atoms with E-state index in [2.05, 4.69) is 5.32 Å². The van der Waals surface area contributed by atoms with Crippen molar-refractivity contribution in [2.75, 3.05) is 12.4 Å². The molecule has 0 spiro atoms. The van der Waals surface area contributed by atoms with E-state index in [4.69, 9.17) is 4.74 Å². The molecular weight excluding hydrogens is 317 g/mol. The molecule has 0 unspecified atom stereocenters. The van der Waals surface area contributed by atoms with E-state index in [9.17, 15) is 9.18 Å². The van der Waals surface area contributed by atoms with E-state index in [1.54, 1.807) is 19.2 Å². The van der Waals surface area contributed by atoms with Crippen LogP contribution in [0.4, 0.5) is 10.1 Å². The van der Waals surface area contributed by atoms with E-state index in [0.717, 1.165) is 18.6 Å². The van der Waals surface area contributed by atoms with Crippen LogP contribution in [0.1, 0.15) is 38.5 Å². The molecule has 1 amide bonds. The number of rotatable bonds is 4. The van der Waals surface area contributed by atoms with Gasteiger partial charge in [0.2, 0.25) is 5.91 Å². The largest absolute Gasteiger partial charge is 0.497 e. The maximum absolute atomic E-state index is 12.7. The third kappa shape index (κ3) is 7.38. The van der Waals surface area contributed by atoms with E-state index < -0.39 is 0 Å². The smallest absolute Gasteiger partial charge is 0.224 e. The average Bonchev–Trinajstić information content (AvgIpc) is 2.65. The quantitative estimate of drug-likeness (QED) is 0.804. The molecule has 134 valence electrons. The van der Waals surface area contributed by atoms with Crippen LogP contribution in [0.3, 0.4) is 0 Å². The Labute approximate surface area is 149 Å². The Balaban J connectivity index is 0.000000236. The first-order valence-corrected chi connectivity index (χ1v) is 8.82. The van der Waals surface area contributed by atoms with Gasteiger partial charge < -0.3 is 10.1 Å². The number of nitrogens with one attached hydrogen (secondary N) is 1. The zero-order chi connectivity index (χ0) is 17.9. The molecule has 0 heterocycles. The number of amides is 1. The average molecular weight is 343 g/mol. The minimum Gasteiger partial charge on any atom is -0.497 e. The van der Waals surface area contributed by atoms with Crippen molar-refractivity contribution in [1.29, 1.82) is 0 Å². The second kappa shape index (κ2) is 10.5. The Hall–Kier alpha value is -2.36. The topological polar surface area (TPSA) is 38.3 Å². The summed E-state index contributed by atoms with van der Waals surface area (Å²) in [5.41, 5.74) is 0.673. The Kier molecular flexibility index (Phi) is 7.96. The highest BCUT2D eigenvalue weighted by atomic mass is 19.1. The highest BCUT2D eigenvalue weighted by Gasteiger charge is 2.16. The monoisotopic (exact) mass is 343 g/mol. The molecule has 1 fully saturated rings. The van der Waals surface area contributed by atoms with Gasteiger partial charge in [0.1, 0.15) is 11.6 Å². The third-order valence-electron chi connectivity index (χ3n) is 4.31. The fraction of sp³-hybridized carbons (Fsp3) is 0.381. The second-order valence-electron chi connectivity index (χ2n) is 6.28. The molecule has 1 aliphatic rings. The number of para-hydroxylation sites is 1. The van der Waals surface area contributed by atoms with Crippen molar-refractivity contribution in [3.8, 4) is 5.75 Å². The summed E-state index contributed by atoms with van der Waals surface area (Å²) in [6.07, 6.45) is 6.71. The standard InChI is InChI=1S/C14H18FNO.C7H8O/c15-12-6-8-13(9-7-12)16-14(17)10-11-4-2-1-3-5-11;1-8-7-5-3-2-4-6-7/h6-9,11H,1-5,10H2,(H,16,17);2-6H,1H3. The first kappa shape index (κ1) is 19.0. The van der Waals surface area contributed by atoms with Crippen LogP contribution in [0.15, 0.2) is 54.6 Å². The van der Waals surface area contributed by atoms with Crippen LogP contribution >= 0.6 is 0 Å². The van der Waals surface area contributed by atoms with Crippen molar-refractivity contribution in [2.24, 2.45) is 5.92 Å². The molecule has 0 aliphatic heterocycles. The fourth-order valence-corrected chi connectivity index (χ4v) is 2.96. The first-order valence-electron chi connectivity index (χ1n) is 8.82. The minimum atomic E-state index is -0.282. The van der Waals surface area contributed by atoms with E-state index in [-0.39, 0.29) is 11.7 Å². The second-order valence-corrected chi connectivity index (χ2v) is 6.28. The third-order valence-corrected chi connectivity index (χ3v) is 4.31. The predicted molar refractivity (Wildman–Crippen MR) is 99.2 cm³/mol. The normalized spacial score (nSPS) is 14.2. The zero-order valence-electron chi connectivity index (χ0n) is 14.7. The van der Waals surface area contributed by atoms with Crippen LogP contribution in [0.2, 0.25) is 0 Å². The van der Waals surface area contributed by atoms with Gasteiger partial charge in [0, 0.05) is 12.1 Å². The van der Waals surface area contributed by atoms with Gasteiger partial charge in [-0.1, -0.05) is 37.5 Å². The molecule has 0 radical (unpaired) electrons. The molecule has 0 bridgehead atoms. The summed E-state index contributed by atoms with van der Waals surface area (Å²) in [4.78, 5) is 11.8. The van der Waals surface area contributed by atoms with Crippen molar-refractivity contribution in [1.82, 2.24) is 0 Å². The molecule has 0 saturated heterocycles. The summed E-state index contributed by atoms with van der Waals surface area (Å²) >= 11 is 0. The van der Waals surface area contributed by atoms with Gasteiger partial charge in [0.25, 0.3) is 0 Å². The maximum atomic E-state index is 12.7. The molecule has 2 aromatic rings. The molecule has 3 rings (SSSR count). The van der Waals surface area contributed by atoms with Crippen molar-refractivity contribution in [3.05, 3.63) is 60.4 Å². The number of hydrogen-bond acceptors (Lipinski definition) is 2. The van der Waals surface area contributed by atoms with Crippen molar-refractivity contribution in [2.45, 2.75) is 38.5 Å². The molecule has 0 aromatic heterocycles. The van der Waals surface area contributed by atoms with Crippen molar-refractivity contribution >= 4 is 11.6 Å². The lowest BCUT2D eigenvalue weighted by Gasteiger charge is -2.20. The number of methoxy groups -OCH3 is 1. The van der Waals surface area contributed by atoms with E-state index in [1.165, 1.54) is 31.4 Å². The Bertz CT molecular complexity index is 622. The number of carbonyl (C=O) groups is 1. The van der Waals surface area contributed by atoms with Gasteiger partial charge >= 0.3 is 0 Å². The van der Waals surface area contributed by atoms with Crippen LogP contribution < -0.4 is 10.1 Å². The number of carbonyl (C=O) groups excluding carboxylic acids is 1. The highest BCUT2D eigenvalue weighted by molar-refractivity contribution is 5.90. The number of anilines is 1. The predicted octanol–water partition coefficient (Wildman–Crippen LogP) is 5.43. The van der Waals surface area contributed by atoms with E-state index in [0.29, 0.717) is 18.0 Å². The van der Waals surface area contributed by atoms with E-state index in [1.807, 2.05) is 30.3 Å². The number of ether oxygens (including phenoxy) is 1. The van der Waals surface area contributed by atoms with Crippen LogP contribution in [0, 0.1) is 11.7 Å². The minimum absolute atomic E-state index is 0.0449. The van der Waals surface area contributed by atoms with Gasteiger partial charge in [-0.25, -0.2) is 4.39 Å². The van der Waals surface area contributed by atoms with Crippen molar-refractivity contribution in [3.63, 3.8) is 0 Å². The van der Waals surface area contributed by atoms with Crippen LogP contribution in [0.25, 0.3) is 0 Å². The molecule has 4 heteroatoms. The van der Waals surface area contributed by atoms with Gasteiger partial charge in [0.05, 0.1) is 7.11 Å². The van der Waals surface area contributed by atoms with Crippen LogP contribution in [-0.2, 0) is 4.79 Å². The summed E-state index contributed by atoms with van der Waals surface area (Å²) in [5, 5.41) is 2.81. The van der Waals surface area contributed by atoms with Gasteiger partial charge in [-0.3, -0.25) is 4.79 Å². The molecule has 0 atom stereocenters. The molecule has 1 N–H and O–H groups in total. The lowest BCUT2D eigenvalue weighted by atomic mass is 9.87. The number of halogens is 1. The summed E-state index contributed by atoms with van der Waals surface area (Å²) in [7, 11) is 1.66. The Morgan fingerprint density at radius 3 is 2.24 bits per heavy atom. The lowest BCUT2D eigenvalue weighted by molar-refractivity contribution is -0.117. The molecular formula is C21H26FNO2. The lowest BCUT2D eigenvalue weighted by Crippen LogP contribution is -2.18. The molecule has 25 heavy (non-hydrogen) atoms. The molecule has 1 saturated carbocycles.